The summed E-state index contributed by atoms with van der Waals surface area (Å²) in [7, 11) is 0. The van der Waals surface area contributed by atoms with Gasteiger partial charge in [-0.3, -0.25) is 14.3 Å². The summed E-state index contributed by atoms with van der Waals surface area (Å²) in [5, 5.41) is 11.4. The van der Waals surface area contributed by atoms with Crippen LogP contribution in [0.4, 0.5) is 13.2 Å². The standard InChI is InChI=1S/C21H18F3N3O3S/c1-3-4-5-6-15(13(2)21(22,23)24)16-8-7-14(11-25-16)12-26-17-9-10-31-18(17)19(28)27(30)20(26)29/h4-11,30H,2-3,12H2,1H3/b5-4-,15-6+. The summed E-state index contributed by atoms with van der Waals surface area (Å²) >= 11 is 1.08. The molecule has 162 valence electrons. The third-order valence-electron chi connectivity index (χ3n) is 4.48. The maximum absolute atomic E-state index is 13.2. The van der Waals surface area contributed by atoms with Crippen molar-refractivity contribution in [3.05, 3.63) is 92.3 Å². The molecule has 0 fully saturated rings. The van der Waals surface area contributed by atoms with Gasteiger partial charge in [0.15, 0.2) is 0 Å². The van der Waals surface area contributed by atoms with Gasteiger partial charge in [-0.25, -0.2) is 4.79 Å². The normalized spacial score (nSPS) is 12.7. The lowest BCUT2D eigenvalue weighted by molar-refractivity contribution is -0.0867. The van der Waals surface area contributed by atoms with Gasteiger partial charge >= 0.3 is 17.4 Å². The van der Waals surface area contributed by atoms with Crippen LogP contribution in [0.5, 0.6) is 0 Å². The number of hydrogen-bond donors (Lipinski definition) is 1. The summed E-state index contributed by atoms with van der Waals surface area (Å²) in [6.07, 6.45) is 1.92. The second kappa shape index (κ2) is 8.76. The first-order chi connectivity index (χ1) is 14.6. The lowest BCUT2D eigenvalue weighted by atomic mass is 10.0. The highest BCUT2D eigenvalue weighted by Crippen LogP contribution is 2.34. The van der Waals surface area contributed by atoms with E-state index in [0.29, 0.717) is 17.5 Å². The molecule has 31 heavy (non-hydrogen) atoms. The van der Waals surface area contributed by atoms with E-state index in [9.17, 15) is 28.0 Å². The predicted octanol–water partition coefficient (Wildman–Crippen LogP) is 4.37. The molecule has 10 heteroatoms. The molecule has 3 heterocycles. The number of halogens is 3. The van der Waals surface area contributed by atoms with Crippen molar-refractivity contribution in [1.82, 2.24) is 14.3 Å². The molecule has 0 aliphatic carbocycles. The van der Waals surface area contributed by atoms with Gasteiger partial charge in [0.2, 0.25) is 0 Å². The average Bonchev–Trinajstić information content (AvgIpc) is 3.22. The number of thiophene rings is 1. The Bertz CT molecular complexity index is 1300. The molecule has 0 aliphatic heterocycles. The molecule has 1 N–H and O–H groups in total. The van der Waals surface area contributed by atoms with Gasteiger partial charge in [0, 0.05) is 11.8 Å². The summed E-state index contributed by atoms with van der Waals surface area (Å²) < 4.78 is 41.1. The molecule has 0 amide bonds. The first kappa shape index (κ1) is 22.3. The largest absolute Gasteiger partial charge is 0.421 e. The fourth-order valence-corrected chi connectivity index (χ4v) is 3.70. The number of pyridine rings is 1. The molecule has 0 aromatic carbocycles. The zero-order valence-corrected chi connectivity index (χ0v) is 17.2. The zero-order chi connectivity index (χ0) is 22.8. The van der Waals surface area contributed by atoms with E-state index in [0.717, 1.165) is 11.3 Å². The van der Waals surface area contributed by atoms with Crippen molar-refractivity contribution in [3.63, 3.8) is 0 Å². The second-order valence-electron chi connectivity index (χ2n) is 6.57. The van der Waals surface area contributed by atoms with Crippen LogP contribution in [0.15, 0.2) is 69.7 Å². The van der Waals surface area contributed by atoms with Crippen molar-refractivity contribution in [2.45, 2.75) is 26.1 Å². The van der Waals surface area contributed by atoms with Gasteiger partial charge in [0.1, 0.15) is 4.70 Å². The Morgan fingerprint density at radius 3 is 2.65 bits per heavy atom. The van der Waals surface area contributed by atoms with Crippen LogP contribution in [0.1, 0.15) is 24.6 Å². The third-order valence-corrected chi connectivity index (χ3v) is 5.37. The molecule has 0 unspecified atom stereocenters. The van der Waals surface area contributed by atoms with Gasteiger partial charge in [-0.15, -0.1) is 11.3 Å². The Hall–Kier alpha value is -3.40. The van der Waals surface area contributed by atoms with Crippen LogP contribution in [0, 0.1) is 0 Å². The van der Waals surface area contributed by atoms with E-state index >= 15 is 0 Å². The molecule has 0 bridgehead atoms. The summed E-state index contributed by atoms with van der Waals surface area (Å²) in [5.41, 5.74) is -1.98. The van der Waals surface area contributed by atoms with Crippen LogP contribution in [0.2, 0.25) is 0 Å². The van der Waals surface area contributed by atoms with Crippen molar-refractivity contribution in [2.75, 3.05) is 0 Å². The van der Waals surface area contributed by atoms with E-state index in [1.54, 1.807) is 17.5 Å². The van der Waals surface area contributed by atoms with Crippen molar-refractivity contribution in [3.8, 4) is 0 Å². The SMILES string of the molecule is C=C(/C(=C\C=C/CC)c1ccc(Cn2c(=O)n(O)c(=O)c3sccc32)cn1)C(F)(F)F. The van der Waals surface area contributed by atoms with E-state index in [2.05, 4.69) is 11.6 Å². The van der Waals surface area contributed by atoms with E-state index in [1.165, 1.54) is 35.0 Å². The molecular formula is C21H18F3N3O3S. The third kappa shape index (κ3) is 4.53. The van der Waals surface area contributed by atoms with Gasteiger partial charge in [-0.05, 0) is 29.5 Å². The van der Waals surface area contributed by atoms with Crippen LogP contribution in [-0.2, 0) is 6.54 Å². The molecule has 0 aliphatic rings. The van der Waals surface area contributed by atoms with Crippen molar-refractivity contribution in [2.24, 2.45) is 0 Å². The van der Waals surface area contributed by atoms with E-state index in [1.807, 2.05) is 6.92 Å². The van der Waals surface area contributed by atoms with Crippen LogP contribution in [-0.4, -0.2) is 25.7 Å². The lowest BCUT2D eigenvalue weighted by Gasteiger charge is -2.14. The molecule has 0 radical (unpaired) electrons. The molecule has 0 saturated carbocycles. The second-order valence-corrected chi connectivity index (χ2v) is 7.48. The average molecular weight is 449 g/mol. The van der Waals surface area contributed by atoms with Crippen molar-refractivity contribution < 1.29 is 18.4 Å². The number of fused-ring (bicyclic) bond motifs is 1. The first-order valence-corrected chi connectivity index (χ1v) is 10.0. The first-order valence-electron chi connectivity index (χ1n) is 9.16. The topological polar surface area (TPSA) is 77.1 Å². The quantitative estimate of drug-likeness (QED) is 0.448. The Labute approximate surface area is 178 Å². The van der Waals surface area contributed by atoms with Crippen molar-refractivity contribution >= 4 is 27.1 Å². The van der Waals surface area contributed by atoms with Crippen LogP contribution < -0.4 is 11.2 Å². The molecule has 0 spiro atoms. The van der Waals surface area contributed by atoms with Gasteiger partial charge in [0.25, 0.3) is 0 Å². The Balaban J connectivity index is 1.99. The highest BCUT2D eigenvalue weighted by atomic mass is 32.1. The van der Waals surface area contributed by atoms with Gasteiger partial charge in [0.05, 0.1) is 23.3 Å². The molecule has 0 saturated heterocycles. The number of allylic oxidation sites excluding steroid dienone is 5. The van der Waals surface area contributed by atoms with Crippen LogP contribution in [0.25, 0.3) is 15.8 Å². The summed E-state index contributed by atoms with van der Waals surface area (Å²) in [6, 6.07) is 4.52. The van der Waals surface area contributed by atoms with Crippen molar-refractivity contribution in [1.29, 1.82) is 0 Å². The molecule has 3 aromatic heterocycles. The predicted molar refractivity (Wildman–Crippen MR) is 113 cm³/mol. The number of aromatic nitrogens is 3. The minimum Gasteiger partial charge on any atom is -0.421 e. The summed E-state index contributed by atoms with van der Waals surface area (Å²) in [6.45, 7) is 4.98. The molecule has 3 rings (SSSR count). The monoisotopic (exact) mass is 449 g/mol. The fourth-order valence-electron chi connectivity index (χ4n) is 2.88. The smallest absolute Gasteiger partial charge is 0.416 e. The van der Waals surface area contributed by atoms with Gasteiger partial charge in [-0.1, -0.05) is 42.5 Å². The van der Waals surface area contributed by atoms with Gasteiger partial charge < -0.3 is 5.21 Å². The van der Waals surface area contributed by atoms with Crippen LogP contribution >= 0.6 is 11.3 Å². The summed E-state index contributed by atoms with van der Waals surface area (Å²) in [4.78, 5) is 28.4. The number of hydrogen-bond acceptors (Lipinski definition) is 5. The molecule has 6 nitrogen and oxygen atoms in total. The molecular weight excluding hydrogens is 431 g/mol. The lowest BCUT2D eigenvalue weighted by Crippen LogP contribution is -2.38. The minimum atomic E-state index is -4.61. The Morgan fingerprint density at radius 2 is 2.03 bits per heavy atom. The number of rotatable bonds is 6. The Morgan fingerprint density at radius 1 is 1.29 bits per heavy atom. The number of nitrogens with zero attached hydrogens (tertiary/aromatic N) is 3. The maximum Gasteiger partial charge on any atom is 0.416 e. The van der Waals surface area contributed by atoms with Crippen LogP contribution in [0.3, 0.4) is 0 Å². The Kier molecular flexibility index (Phi) is 6.30. The molecule has 3 aromatic rings. The zero-order valence-electron chi connectivity index (χ0n) is 16.4. The van der Waals surface area contributed by atoms with E-state index in [4.69, 9.17) is 0 Å². The number of alkyl halides is 3. The van der Waals surface area contributed by atoms with Gasteiger partial charge in [-0.2, -0.15) is 13.2 Å². The van der Waals surface area contributed by atoms with E-state index in [-0.39, 0.29) is 27.2 Å². The highest BCUT2D eigenvalue weighted by molar-refractivity contribution is 7.17. The maximum atomic E-state index is 13.2. The highest BCUT2D eigenvalue weighted by Gasteiger charge is 2.34. The molecule has 0 atom stereocenters. The minimum absolute atomic E-state index is 0.0326. The summed E-state index contributed by atoms with van der Waals surface area (Å²) in [5.74, 6) is 0. The van der Waals surface area contributed by atoms with E-state index < -0.39 is 23.0 Å². The fraction of sp³-hybridized carbons (Fsp3) is 0.190.